The lowest BCUT2D eigenvalue weighted by Gasteiger charge is -2.31. The molecular weight excluding hydrogens is 442 g/mol. The van der Waals surface area contributed by atoms with Gasteiger partial charge in [0.15, 0.2) is 5.58 Å². The van der Waals surface area contributed by atoms with Crippen molar-refractivity contribution in [3.05, 3.63) is 64.6 Å². The molecule has 2 heterocycles. The molecule has 2 aromatic carbocycles. The van der Waals surface area contributed by atoms with Crippen molar-refractivity contribution in [2.45, 2.75) is 44.0 Å². The minimum Gasteiger partial charge on any atom is -0.408 e. The van der Waals surface area contributed by atoms with Gasteiger partial charge >= 0.3 is 5.76 Å². The summed E-state index contributed by atoms with van der Waals surface area (Å²) in [5.41, 5.74) is 2.03. The van der Waals surface area contributed by atoms with Gasteiger partial charge in [0.05, 0.1) is 10.4 Å². The summed E-state index contributed by atoms with van der Waals surface area (Å²) in [7, 11) is -3.70. The van der Waals surface area contributed by atoms with Crippen molar-refractivity contribution in [1.29, 1.82) is 0 Å². The average Bonchev–Trinajstić information content (AvgIpc) is 3.14. The zero-order chi connectivity index (χ0) is 23.4. The van der Waals surface area contributed by atoms with E-state index in [1.54, 1.807) is 6.07 Å². The highest BCUT2D eigenvalue weighted by Gasteiger charge is 2.30. The van der Waals surface area contributed by atoms with Crippen LogP contribution < -0.4 is 11.1 Å². The van der Waals surface area contributed by atoms with Crippen LogP contribution in [0.3, 0.4) is 0 Å². The Morgan fingerprint density at radius 2 is 1.85 bits per heavy atom. The van der Waals surface area contributed by atoms with Gasteiger partial charge in [-0.1, -0.05) is 30.3 Å². The van der Waals surface area contributed by atoms with Crippen LogP contribution in [-0.2, 0) is 27.8 Å². The first-order chi connectivity index (χ1) is 15.9. The predicted molar refractivity (Wildman–Crippen MR) is 125 cm³/mol. The van der Waals surface area contributed by atoms with Gasteiger partial charge in [0.1, 0.15) is 0 Å². The number of fused-ring (bicyclic) bond motifs is 1. The minimum atomic E-state index is -3.70. The standard InChI is InChI=1S/C24H29N3O5S/c1-2-27-21-9-8-20(17-22(21)32-24(27)29)33(30,31)26-14-11-19(12-15-26)16-23(28)25-13-10-18-6-4-3-5-7-18/h3-9,17,19H,2,10-16H2,1H3,(H,25,28). The molecule has 0 radical (unpaired) electrons. The monoisotopic (exact) mass is 471 g/mol. The summed E-state index contributed by atoms with van der Waals surface area (Å²) in [6.07, 6.45) is 2.46. The third-order valence-corrected chi connectivity index (χ3v) is 8.11. The molecule has 0 bridgehead atoms. The van der Waals surface area contributed by atoms with Crippen molar-refractivity contribution in [3.8, 4) is 0 Å². The van der Waals surface area contributed by atoms with E-state index in [1.807, 2.05) is 37.3 Å². The van der Waals surface area contributed by atoms with Crippen LogP contribution in [-0.4, -0.2) is 42.8 Å². The second-order valence-electron chi connectivity index (χ2n) is 8.38. The molecule has 1 aliphatic rings. The van der Waals surface area contributed by atoms with Crippen molar-refractivity contribution in [3.63, 3.8) is 0 Å². The van der Waals surface area contributed by atoms with Crippen LogP contribution in [0.2, 0.25) is 0 Å². The summed E-state index contributed by atoms with van der Waals surface area (Å²) in [6.45, 7) is 3.60. The fourth-order valence-corrected chi connectivity index (χ4v) is 5.82. The number of oxazole rings is 1. The average molecular weight is 472 g/mol. The van der Waals surface area contributed by atoms with E-state index >= 15 is 0 Å². The van der Waals surface area contributed by atoms with E-state index in [0.717, 1.165) is 6.42 Å². The number of sulfonamides is 1. The number of carbonyl (C=O) groups excluding carboxylic acids is 1. The largest absolute Gasteiger partial charge is 0.419 e. The maximum atomic E-state index is 13.1. The van der Waals surface area contributed by atoms with Crippen LogP contribution in [0, 0.1) is 5.92 Å². The Balaban J connectivity index is 1.31. The summed E-state index contributed by atoms with van der Waals surface area (Å²) in [5, 5.41) is 2.97. The number of aryl methyl sites for hydroxylation is 1. The van der Waals surface area contributed by atoms with Crippen molar-refractivity contribution < 1.29 is 17.6 Å². The molecule has 1 saturated heterocycles. The molecule has 3 aromatic rings. The second kappa shape index (κ2) is 9.93. The first-order valence-corrected chi connectivity index (χ1v) is 12.8. The summed E-state index contributed by atoms with van der Waals surface area (Å²) in [6, 6.07) is 14.6. The maximum Gasteiger partial charge on any atom is 0.419 e. The Morgan fingerprint density at radius 1 is 1.12 bits per heavy atom. The lowest BCUT2D eigenvalue weighted by atomic mass is 9.94. The van der Waals surface area contributed by atoms with E-state index < -0.39 is 15.8 Å². The van der Waals surface area contributed by atoms with E-state index in [9.17, 15) is 18.0 Å². The highest BCUT2D eigenvalue weighted by Crippen LogP contribution is 2.27. The molecule has 0 unspecified atom stereocenters. The van der Waals surface area contributed by atoms with Crippen LogP contribution in [0.1, 0.15) is 31.7 Å². The van der Waals surface area contributed by atoms with Crippen molar-refractivity contribution >= 4 is 27.0 Å². The van der Waals surface area contributed by atoms with Gasteiger partial charge < -0.3 is 9.73 Å². The summed E-state index contributed by atoms with van der Waals surface area (Å²) < 4.78 is 34.4. The van der Waals surface area contributed by atoms with Crippen LogP contribution in [0.5, 0.6) is 0 Å². The lowest BCUT2D eigenvalue weighted by molar-refractivity contribution is -0.122. The number of benzene rings is 2. The van der Waals surface area contributed by atoms with Gasteiger partial charge in [-0.15, -0.1) is 0 Å². The third-order valence-electron chi connectivity index (χ3n) is 6.22. The molecule has 9 heteroatoms. The van der Waals surface area contributed by atoms with Crippen molar-refractivity contribution in [2.75, 3.05) is 19.6 Å². The van der Waals surface area contributed by atoms with Gasteiger partial charge in [0.25, 0.3) is 0 Å². The highest BCUT2D eigenvalue weighted by atomic mass is 32.2. The number of carbonyl (C=O) groups is 1. The molecule has 0 aliphatic carbocycles. The normalized spacial score (nSPS) is 15.7. The van der Waals surface area contributed by atoms with Crippen molar-refractivity contribution in [2.24, 2.45) is 5.92 Å². The number of piperidine rings is 1. The molecule has 4 rings (SSSR count). The number of hydrogen-bond acceptors (Lipinski definition) is 5. The maximum absolute atomic E-state index is 13.1. The Kier molecular flexibility index (Phi) is 6.99. The lowest BCUT2D eigenvalue weighted by Crippen LogP contribution is -2.39. The number of rotatable bonds is 8. The van der Waals surface area contributed by atoms with E-state index in [0.29, 0.717) is 51.0 Å². The number of nitrogens with zero attached hydrogens (tertiary/aromatic N) is 2. The van der Waals surface area contributed by atoms with Gasteiger partial charge in [-0.25, -0.2) is 13.2 Å². The number of nitrogens with one attached hydrogen (secondary N) is 1. The molecule has 1 amide bonds. The first kappa shape index (κ1) is 23.3. The fourth-order valence-electron chi connectivity index (χ4n) is 4.33. The van der Waals surface area contributed by atoms with Gasteiger partial charge in [-0.3, -0.25) is 9.36 Å². The third kappa shape index (κ3) is 5.20. The molecule has 0 atom stereocenters. The molecule has 1 fully saturated rings. The topological polar surface area (TPSA) is 102 Å². The molecule has 0 saturated carbocycles. The Bertz CT molecular complexity index is 1270. The van der Waals surface area contributed by atoms with Gasteiger partial charge in [0, 0.05) is 38.7 Å². The van der Waals surface area contributed by atoms with E-state index in [-0.39, 0.29) is 22.3 Å². The predicted octanol–water partition coefficient (Wildman–Crippen LogP) is 2.76. The van der Waals surface area contributed by atoms with Crippen LogP contribution in [0.15, 0.2) is 62.6 Å². The summed E-state index contributed by atoms with van der Waals surface area (Å²) >= 11 is 0. The Labute approximate surface area is 193 Å². The molecule has 1 N–H and O–H groups in total. The number of hydrogen-bond donors (Lipinski definition) is 1. The minimum absolute atomic E-state index is 0.00755. The van der Waals surface area contributed by atoms with Gasteiger partial charge in [0.2, 0.25) is 15.9 Å². The zero-order valence-corrected chi connectivity index (χ0v) is 19.5. The number of aromatic nitrogens is 1. The molecule has 33 heavy (non-hydrogen) atoms. The SMILES string of the molecule is CCn1c(=O)oc2cc(S(=O)(=O)N3CCC(CC(=O)NCCc4ccccc4)CC3)ccc21. The van der Waals surface area contributed by atoms with E-state index in [1.165, 1.54) is 26.6 Å². The van der Waals surface area contributed by atoms with Gasteiger partial charge in [-0.05, 0) is 49.8 Å². The molecule has 1 aliphatic heterocycles. The molecule has 176 valence electrons. The Morgan fingerprint density at radius 3 is 2.55 bits per heavy atom. The van der Waals surface area contributed by atoms with Crippen LogP contribution in [0.25, 0.3) is 11.1 Å². The van der Waals surface area contributed by atoms with Crippen LogP contribution >= 0.6 is 0 Å². The molecule has 0 spiro atoms. The summed E-state index contributed by atoms with van der Waals surface area (Å²) in [4.78, 5) is 24.3. The molecular formula is C24H29N3O5S. The van der Waals surface area contributed by atoms with Gasteiger partial charge in [-0.2, -0.15) is 4.31 Å². The van der Waals surface area contributed by atoms with E-state index in [4.69, 9.17) is 4.42 Å². The molecule has 8 nitrogen and oxygen atoms in total. The first-order valence-electron chi connectivity index (χ1n) is 11.3. The second-order valence-corrected chi connectivity index (χ2v) is 10.3. The Hall–Kier alpha value is -2.91. The van der Waals surface area contributed by atoms with Crippen molar-refractivity contribution in [1.82, 2.24) is 14.2 Å². The van der Waals surface area contributed by atoms with Crippen LogP contribution in [0.4, 0.5) is 0 Å². The zero-order valence-electron chi connectivity index (χ0n) is 18.7. The summed E-state index contributed by atoms with van der Waals surface area (Å²) in [5.74, 6) is -0.328. The molecule has 1 aromatic heterocycles. The quantitative estimate of drug-likeness (QED) is 0.544. The number of amides is 1. The highest BCUT2D eigenvalue weighted by molar-refractivity contribution is 7.89. The fraction of sp³-hybridized carbons (Fsp3) is 0.417. The van der Waals surface area contributed by atoms with E-state index in [2.05, 4.69) is 5.32 Å². The smallest absolute Gasteiger partial charge is 0.408 e.